The maximum absolute atomic E-state index is 11.8. The van der Waals surface area contributed by atoms with Crippen LogP contribution in [0.2, 0.25) is 0 Å². The number of amides is 1. The smallest absolute Gasteiger partial charge is 0.220 e. The van der Waals surface area contributed by atoms with Gasteiger partial charge in [0, 0.05) is 16.9 Å². The average Bonchev–Trinajstić information content (AvgIpc) is 2.34. The monoisotopic (exact) mass is 326 g/mol. The van der Waals surface area contributed by atoms with Crippen molar-refractivity contribution in [2.75, 3.05) is 6.54 Å². The number of carbonyl (C=O) groups is 1. The van der Waals surface area contributed by atoms with Gasteiger partial charge in [-0.15, -0.1) is 0 Å². The van der Waals surface area contributed by atoms with Crippen LogP contribution in [0.1, 0.15) is 45.2 Å². The molecule has 0 radical (unpaired) electrons. The molecule has 0 spiro atoms. The van der Waals surface area contributed by atoms with Crippen molar-refractivity contribution in [2.24, 2.45) is 0 Å². The van der Waals surface area contributed by atoms with Crippen molar-refractivity contribution in [3.05, 3.63) is 34.3 Å². The molecule has 0 saturated carbocycles. The summed E-state index contributed by atoms with van der Waals surface area (Å²) in [6.45, 7) is 7.10. The first-order valence-electron chi connectivity index (χ1n) is 6.77. The van der Waals surface area contributed by atoms with Gasteiger partial charge in [-0.3, -0.25) is 4.79 Å². The molecule has 0 unspecified atom stereocenters. The molecule has 4 heteroatoms. The highest BCUT2D eigenvalue weighted by Gasteiger charge is 2.09. The van der Waals surface area contributed by atoms with E-state index in [4.69, 9.17) is 0 Å². The zero-order valence-corrected chi connectivity index (χ0v) is 13.5. The number of carbonyl (C=O) groups excluding carboxylic acids is 1. The van der Waals surface area contributed by atoms with E-state index in [1.54, 1.807) is 0 Å². The third-order valence-electron chi connectivity index (χ3n) is 2.86. The molecule has 0 aromatic heterocycles. The number of hydrogen-bond donors (Lipinski definition) is 2. The molecular weight excluding hydrogens is 304 g/mol. The maximum Gasteiger partial charge on any atom is 0.220 e. The Labute approximate surface area is 124 Å². The molecule has 0 aliphatic heterocycles. The van der Waals surface area contributed by atoms with Crippen LogP contribution < -0.4 is 10.6 Å². The normalized spacial score (nSPS) is 12.5. The van der Waals surface area contributed by atoms with Gasteiger partial charge >= 0.3 is 0 Å². The van der Waals surface area contributed by atoms with E-state index in [-0.39, 0.29) is 11.9 Å². The highest BCUT2D eigenvalue weighted by molar-refractivity contribution is 9.10. The van der Waals surface area contributed by atoms with Crippen LogP contribution in [-0.2, 0) is 4.79 Å². The van der Waals surface area contributed by atoms with E-state index in [1.165, 1.54) is 0 Å². The summed E-state index contributed by atoms with van der Waals surface area (Å²) in [7, 11) is 0. The van der Waals surface area contributed by atoms with Gasteiger partial charge in [-0.1, -0.05) is 41.9 Å². The topological polar surface area (TPSA) is 41.1 Å². The quantitative estimate of drug-likeness (QED) is 0.754. The Kier molecular flexibility index (Phi) is 7.10. The molecule has 0 aliphatic carbocycles. The minimum absolute atomic E-state index is 0.0445. The maximum atomic E-state index is 11.8. The number of hydrogen-bond acceptors (Lipinski definition) is 2. The van der Waals surface area contributed by atoms with Crippen LogP contribution in [0.25, 0.3) is 0 Å². The molecule has 1 aromatic rings. The van der Waals surface area contributed by atoms with Crippen molar-refractivity contribution in [1.29, 1.82) is 0 Å². The van der Waals surface area contributed by atoms with Crippen LogP contribution in [0, 0.1) is 0 Å². The van der Waals surface area contributed by atoms with Crippen LogP contribution in [0.5, 0.6) is 0 Å². The lowest BCUT2D eigenvalue weighted by molar-refractivity contribution is -0.121. The number of rotatable bonds is 7. The molecule has 0 heterocycles. The predicted molar refractivity (Wildman–Crippen MR) is 83.1 cm³/mol. The average molecular weight is 327 g/mol. The highest BCUT2D eigenvalue weighted by Crippen LogP contribution is 2.17. The van der Waals surface area contributed by atoms with E-state index in [0.717, 1.165) is 23.0 Å². The number of nitrogens with one attached hydrogen (secondary N) is 2. The predicted octanol–water partition coefficient (Wildman–Crippen LogP) is 3.40. The van der Waals surface area contributed by atoms with E-state index in [1.807, 2.05) is 31.2 Å². The molecule has 2 N–H and O–H groups in total. The number of halogens is 1. The Bertz CT molecular complexity index is 407. The Morgan fingerprint density at radius 2 is 2.05 bits per heavy atom. The second kappa shape index (κ2) is 8.33. The van der Waals surface area contributed by atoms with Crippen molar-refractivity contribution in [2.45, 2.75) is 45.7 Å². The lowest BCUT2D eigenvalue weighted by Gasteiger charge is -2.15. The van der Waals surface area contributed by atoms with Gasteiger partial charge in [0.05, 0.1) is 6.04 Å². The SMILES string of the molecule is CC(C)NCCCC(=O)N[C@@H](C)c1cccc(Br)c1. The molecule has 106 valence electrons. The van der Waals surface area contributed by atoms with E-state index in [0.29, 0.717) is 12.5 Å². The van der Waals surface area contributed by atoms with Crippen LogP contribution in [-0.4, -0.2) is 18.5 Å². The second-order valence-electron chi connectivity index (χ2n) is 5.06. The first-order valence-corrected chi connectivity index (χ1v) is 7.56. The van der Waals surface area contributed by atoms with E-state index in [9.17, 15) is 4.79 Å². The lowest BCUT2D eigenvalue weighted by atomic mass is 10.1. The van der Waals surface area contributed by atoms with Gasteiger partial charge in [-0.05, 0) is 37.6 Å². The minimum Gasteiger partial charge on any atom is -0.350 e. The third-order valence-corrected chi connectivity index (χ3v) is 3.35. The summed E-state index contributed by atoms with van der Waals surface area (Å²) >= 11 is 3.44. The van der Waals surface area contributed by atoms with E-state index in [2.05, 4.69) is 40.4 Å². The minimum atomic E-state index is 0.0445. The Balaban J connectivity index is 2.32. The molecule has 1 atom stereocenters. The summed E-state index contributed by atoms with van der Waals surface area (Å²) in [5.41, 5.74) is 1.11. The standard InChI is InChI=1S/C15H23BrN2O/c1-11(2)17-9-5-8-15(19)18-12(3)13-6-4-7-14(16)10-13/h4,6-7,10-12,17H,5,8-9H2,1-3H3,(H,18,19)/t12-/m0/s1. The largest absolute Gasteiger partial charge is 0.350 e. The Morgan fingerprint density at radius 1 is 1.32 bits per heavy atom. The summed E-state index contributed by atoms with van der Waals surface area (Å²) in [5, 5.41) is 6.33. The molecule has 1 rings (SSSR count). The Morgan fingerprint density at radius 3 is 2.68 bits per heavy atom. The van der Waals surface area contributed by atoms with E-state index < -0.39 is 0 Å². The summed E-state index contributed by atoms with van der Waals surface area (Å²) < 4.78 is 1.03. The molecule has 0 bridgehead atoms. The van der Waals surface area contributed by atoms with Gasteiger partial charge in [-0.2, -0.15) is 0 Å². The first-order chi connectivity index (χ1) is 8.99. The number of benzene rings is 1. The van der Waals surface area contributed by atoms with Gasteiger partial charge in [0.15, 0.2) is 0 Å². The third kappa shape index (κ3) is 6.73. The van der Waals surface area contributed by atoms with Crippen molar-refractivity contribution in [1.82, 2.24) is 10.6 Å². The van der Waals surface area contributed by atoms with Gasteiger partial charge in [0.2, 0.25) is 5.91 Å². The van der Waals surface area contributed by atoms with Crippen molar-refractivity contribution >= 4 is 21.8 Å². The molecule has 0 fully saturated rings. The fraction of sp³-hybridized carbons (Fsp3) is 0.533. The fourth-order valence-corrected chi connectivity index (χ4v) is 2.23. The molecule has 19 heavy (non-hydrogen) atoms. The molecule has 3 nitrogen and oxygen atoms in total. The molecule has 0 aliphatic rings. The van der Waals surface area contributed by atoms with Gasteiger partial charge in [0.25, 0.3) is 0 Å². The van der Waals surface area contributed by atoms with Crippen molar-refractivity contribution in [3.8, 4) is 0 Å². The second-order valence-corrected chi connectivity index (χ2v) is 5.97. The summed E-state index contributed by atoms with van der Waals surface area (Å²) in [5.74, 6) is 0.109. The lowest BCUT2D eigenvalue weighted by Crippen LogP contribution is -2.28. The van der Waals surface area contributed by atoms with Gasteiger partial charge < -0.3 is 10.6 Å². The highest BCUT2D eigenvalue weighted by atomic mass is 79.9. The van der Waals surface area contributed by atoms with E-state index >= 15 is 0 Å². The summed E-state index contributed by atoms with van der Waals surface area (Å²) in [6.07, 6.45) is 1.44. The van der Waals surface area contributed by atoms with Crippen molar-refractivity contribution in [3.63, 3.8) is 0 Å². The zero-order valence-electron chi connectivity index (χ0n) is 11.9. The van der Waals surface area contributed by atoms with Gasteiger partial charge in [0.1, 0.15) is 0 Å². The van der Waals surface area contributed by atoms with Crippen LogP contribution in [0.3, 0.4) is 0 Å². The first kappa shape index (κ1) is 16.2. The summed E-state index contributed by atoms with van der Waals surface area (Å²) in [4.78, 5) is 11.8. The molecule has 1 aromatic carbocycles. The molecular formula is C15H23BrN2O. The fourth-order valence-electron chi connectivity index (χ4n) is 1.81. The summed E-state index contributed by atoms with van der Waals surface area (Å²) in [6, 6.07) is 8.54. The van der Waals surface area contributed by atoms with Crippen LogP contribution >= 0.6 is 15.9 Å². The van der Waals surface area contributed by atoms with Crippen LogP contribution in [0.4, 0.5) is 0 Å². The van der Waals surface area contributed by atoms with Crippen LogP contribution in [0.15, 0.2) is 28.7 Å². The van der Waals surface area contributed by atoms with Gasteiger partial charge in [-0.25, -0.2) is 0 Å². The molecule has 1 amide bonds. The van der Waals surface area contributed by atoms with Crippen molar-refractivity contribution < 1.29 is 4.79 Å². The zero-order chi connectivity index (χ0) is 14.3. The molecule has 0 saturated heterocycles. The Hall–Kier alpha value is -0.870.